The first-order chi connectivity index (χ1) is 9.42. The predicted octanol–water partition coefficient (Wildman–Crippen LogP) is 1.76. The summed E-state index contributed by atoms with van der Waals surface area (Å²) < 4.78 is 0. The van der Waals surface area contributed by atoms with E-state index in [9.17, 15) is 4.79 Å². The van der Waals surface area contributed by atoms with Crippen LogP contribution in [0.3, 0.4) is 0 Å². The van der Waals surface area contributed by atoms with Crippen molar-refractivity contribution in [2.75, 3.05) is 18.1 Å². The highest BCUT2D eigenvalue weighted by Gasteiger charge is 2.47. The fraction of sp³-hybridized carbons (Fsp3) is 0.933. The van der Waals surface area contributed by atoms with Crippen LogP contribution in [0, 0.1) is 11.8 Å². The van der Waals surface area contributed by atoms with Gasteiger partial charge in [-0.2, -0.15) is 11.8 Å². The SMILES string of the molecule is CC(CO)CSCCC1CCCC1(NC(C)C)C(N)=O. The second kappa shape index (κ2) is 8.25. The number of thioether (sulfide) groups is 1. The molecule has 118 valence electrons. The Morgan fingerprint density at radius 2 is 2.20 bits per heavy atom. The van der Waals surface area contributed by atoms with Gasteiger partial charge in [0.15, 0.2) is 0 Å². The third kappa shape index (κ3) is 4.64. The van der Waals surface area contributed by atoms with Gasteiger partial charge in [-0.25, -0.2) is 0 Å². The maximum absolute atomic E-state index is 12.0. The lowest BCUT2D eigenvalue weighted by atomic mass is 9.83. The normalized spacial score (nSPS) is 27.9. The van der Waals surface area contributed by atoms with Gasteiger partial charge in [-0.1, -0.05) is 13.3 Å². The van der Waals surface area contributed by atoms with Crippen molar-refractivity contribution in [3.05, 3.63) is 0 Å². The molecule has 0 aromatic carbocycles. The van der Waals surface area contributed by atoms with Gasteiger partial charge in [0.1, 0.15) is 5.54 Å². The van der Waals surface area contributed by atoms with Crippen LogP contribution in [-0.4, -0.2) is 40.7 Å². The summed E-state index contributed by atoms with van der Waals surface area (Å²) in [4.78, 5) is 12.0. The van der Waals surface area contributed by atoms with E-state index in [2.05, 4.69) is 26.1 Å². The molecule has 0 saturated heterocycles. The summed E-state index contributed by atoms with van der Waals surface area (Å²) in [6, 6.07) is 0.269. The molecule has 0 aliphatic heterocycles. The Kier molecular flexibility index (Phi) is 7.34. The van der Waals surface area contributed by atoms with E-state index in [4.69, 9.17) is 10.8 Å². The predicted molar refractivity (Wildman–Crippen MR) is 85.7 cm³/mol. The first kappa shape index (κ1) is 17.8. The number of hydrogen-bond donors (Lipinski definition) is 3. The molecule has 0 spiro atoms. The van der Waals surface area contributed by atoms with Crippen LogP contribution in [0.1, 0.15) is 46.5 Å². The number of carbonyl (C=O) groups is 1. The highest BCUT2D eigenvalue weighted by atomic mass is 32.2. The maximum Gasteiger partial charge on any atom is 0.238 e. The third-order valence-corrected chi connectivity index (χ3v) is 5.46. The van der Waals surface area contributed by atoms with Crippen molar-refractivity contribution in [1.82, 2.24) is 5.32 Å². The van der Waals surface area contributed by atoms with E-state index in [1.54, 1.807) is 0 Å². The summed E-state index contributed by atoms with van der Waals surface area (Å²) in [6.07, 6.45) is 4.04. The van der Waals surface area contributed by atoms with Crippen LogP contribution in [0.25, 0.3) is 0 Å². The van der Waals surface area contributed by atoms with Gasteiger partial charge in [0.05, 0.1) is 0 Å². The number of amides is 1. The Morgan fingerprint density at radius 1 is 1.50 bits per heavy atom. The molecule has 1 fully saturated rings. The van der Waals surface area contributed by atoms with E-state index < -0.39 is 5.54 Å². The van der Waals surface area contributed by atoms with Crippen molar-refractivity contribution in [2.24, 2.45) is 17.6 Å². The minimum absolute atomic E-state index is 0.192. The monoisotopic (exact) mass is 302 g/mol. The molecule has 0 aromatic heterocycles. The van der Waals surface area contributed by atoms with Crippen molar-refractivity contribution in [1.29, 1.82) is 0 Å². The quantitative estimate of drug-likeness (QED) is 0.567. The molecule has 5 heteroatoms. The van der Waals surface area contributed by atoms with Gasteiger partial charge in [-0.15, -0.1) is 0 Å². The van der Waals surface area contributed by atoms with Crippen molar-refractivity contribution in [3.8, 4) is 0 Å². The lowest BCUT2D eigenvalue weighted by Gasteiger charge is -2.35. The second-order valence-corrected chi connectivity index (χ2v) is 7.52. The minimum atomic E-state index is -0.503. The van der Waals surface area contributed by atoms with Crippen LogP contribution in [0.15, 0.2) is 0 Å². The standard InChI is InChI=1S/C15H30N2O2S/c1-11(2)17-15(14(16)19)7-4-5-13(15)6-8-20-10-12(3)9-18/h11-13,17-18H,4-10H2,1-3H3,(H2,16,19). The third-order valence-electron chi connectivity index (χ3n) is 4.13. The van der Waals surface area contributed by atoms with Gasteiger partial charge in [-0.05, 0) is 56.5 Å². The zero-order chi connectivity index (χ0) is 15.2. The fourth-order valence-electron chi connectivity index (χ4n) is 3.13. The van der Waals surface area contributed by atoms with Crippen LogP contribution in [0.5, 0.6) is 0 Å². The van der Waals surface area contributed by atoms with E-state index in [0.29, 0.717) is 11.8 Å². The first-order valence-corrected chi connectivity index (χ1v) is 8.84. The van der Waals surface area contributed by atoms with E-state index in [1.807, 2.05) is 11.8 Å². The summed E-state index contributed by atoms with van der Waals surface area (Å²) in [5, 5.41) is 12.5. The minimum Gasteiger partial charge on any atom is -0.396 e. The molecule has 3 unspecified atom stereocenters. The molecule has 1 aliphatic rings. The number of nitrogens with one attached hydrogen (secondary N) is 1. The zero-order valence-electron chi connectivity index (χ0n) is 13.0. The topological polar surface area (TPSA) is 75.3 Å². The molecule has 0 radical (unpaired) electrons. The number of aliphatic hydroxyl groups excluding tert-OH is 1. The summed E-state index contributed by atoms with van der Waals surface area (Å²) >= 11 is 1.86. The van der Waals surface area contributed by atoms with Crippen LogP contribution in [0.2, 0.25) is 0 Å². The average molecular weight is 302 g/mol. The maximum atomic E-state index is 12.0. The van der Waals surface area contributed by atoms with Gasteiger partial charge in [0.25, 0.3) is 0 Å². The molecule has 1 rings (SSSR count). The van der Waals surface area contributed by atoms with Crippen molar-refractivity contribution < 1.29 is 9.90 Å². The Hall–Kier alpha value is -0.260. The number of hydrogen-bond acceptors (Lipinski definition) is 4. The largest absolute Gasteiger partial charge is 0.396 e. The fourth-order valence-corrected chi connectivity index (χ4v) is 4.26. The summed E-state index contributed by atoms with van der Waals surface area (Å²) in [7, 11) is 0. The summed E-state index contributed by atoms with van der Waals surface area (Å²) in [5.41, 5.74) is 5.20. The van der Waals surface area contributed by atoms with Gasteiger partial charge in [0.2, 0.25) is 5.91 Å². The Labute approximate surface area is 127 Å². The van der Waals surface area contributed by atoms with Gasteiger partial charge >= 0.3 is 0 Å². The lowest BCUT2D eigenvalue weighted by molar-refractivity contribution is -0.126. The van der Waals surface area contributed by atoms with Crippen LogP contribution in [-0.2, 0) is 4.79 Å². The number of primary amides is 1. The van der Waals surface area contributed by atoms with Crippen molar-refractivity contribution >= 4 is 17.7 Å². The Bertz CT molecular complexity index is 312. The zero-order valence-corrected chi connectivity index (χ0v) is 13.8. The Morgan fingerprint density at radius 3 is 2.75 bits per heavy atom. The molecule has 20 heavy (non-hydrogen) atoms. The summed E-state index contributed by atoms with van der Waals surface area (Å²) in [5.74, 6) is 2.51. The molecular formula is C15H30N2O2S. The Balaban J connectivity index is 2.51. The van der Waals surface area contributed by atoms with Crippen LogP contribution < -0.4 is 11.1 Å². The summed E-state index contributed by atoms with van der Waals surface area (Å²) in [6.45, 7) is 6.43. The van der Waals surface area contributed by atoms with Crippen molar-refractivity contribution in [3.63, 3.8) is 0 Å². The van der Waals surface area contributed by atoms with E-state index in [1.165, 1.54) is 0 Å². The molecule has 0 bridgehead atoms. The highest BCUT2D eigenvalue weighted by Crippen LogP contribution is 2.39. The van der Waals surface area contributed by atoms with Gasteiger partial charge in [0, 0.05) is 12.6 Å². The number of rotatable bonds is 9. The number of aliphatic hydroxyl groups is 1. The second-order valence-electron chi connectivity index (χ2n) is 6.38. The van der Waals surface area contributed by atoms with E-state index in [0.717, 1.165) is 37.2 Å². The van der Waals surface area contributed by atoms with E-state index >= 15 is 0 Å². The van der Waals surface area contributed by atoms with Gasteiger partial charge in [-0.3, -0.25) is 4.79 Å². The lowest BCUT2D eigenvalue weighted by Crippen LogP contribution is -2.60. The first-order valence-electron chi connectivity index (χ1n) is 7.68. The number of carbonyl (C=O) groups excluding carboxylic acids is 1. The number of nitrogens with two attached hydrogens (primary N) is 1. The smallest absolute Gasteiger partial charge is 0.238 e. The molecule has 1 amide bonds. The molecule has 3 atom stereocenters. The molecular weight excluding hydrogens is 272 g/mol. The van der Waals surface area contributed by atoms with E-state index in [-0.39, 0.29) is 18.6 Å². The molecule has 4 nitrogen and oxygen atoms in total. The van der Waals surface area contributed by atoms with Crippen LogP contribution in [0.4, 0.5) is 0 Å². The highest BCUT2D eigenvalue weighted by molar-refractivity contribution is 7.99. The van der Waals surface area contributed by atoms with Crippen LogP contribution >= 0.6 is 11.8 Å². The van der Waals surface area contributed by atoms with Crippen molar-refractivity contribution in [2.45, 2.75) is 58.0 Å². The molecule has 0 heterocycles. The van der Waals surface area contributed by atoms with Gasteiger partial charge < -0.3 is 16.2 Å². The molecule has 1 saturated carbocycles. The average Bonchev–Trinajstić information content (AvgIpc) is 2.77. The molecule has 1 aliphatic carbocycles. The molecule has 0 aromatic rings. The molecule has 4 N–H and O–H groups in total.